The average molecular weight is 357 g/mol. The lowest BCUT2D eigenvalue weighted by Gasteiger charge is -2.21. The zero-order valence-corrected chi connectivity index (χ0v) is 14.8. The van der Waals surface area contributed by atoms with E-state index >= 15 is 0 Å². The van der Waals surface area contributed by atoms with Crippen LogP contribution in [0.1, 0.15) is 24.2 Å². The van der Waals surface area contributed by atoms with Gasteiger partial charge in [-0.25, -0.2) is 4.98 Å². The van der Waals surface area contributed by atoms with Gasteiger partial charge in [0, 0.05) is 36.0 Å². The molecule has 0 spiro atoms. The van der Waals surface area contributed by atoms with Crippen molar-refractivity contribution in [3.8, 4) is 10.7 Å². The van der Waals surface area contributed by atoms with Gasteiger partial charge < -0.3 is 20.5 Å². The van der Waals surface area contributed by atoms with Gasteiger partial charge in [0.2, 0.25) is 5.88 Å². The van der Waals surface area contributed by atoms with Gasteiger partial charge >= 0.3 is 0 Å². The Morgan fingerprint density at radius 2 is 2.00 bits per heavy atom. The number of anilines is 3. The minimum Gasteiger partial charge on any atom is -0.372 e. The number of thiazole rings is 1. The van der Waals surface area contributed by atoms with Crippen LogP contribution in [-0.2, 0) is 0 Å². The van der Waals surface area contributed by atoms with Gasteiger partial charge in [0.1, 0.15) is 10.6 Å². The Hall–Kier alpha value is -2.87. The fourth-order valence-corrected chi connectivity index (χ4v) is 3.17. The molecular weight excluding hydrogens is 338 g/mol. The Morgan fingerprint density at radius 3 is 2.60 bits per heavy atom. The molecule has 0 aliphatic rings. The normalized spacial score (nSPS) is 10.6. The van der Waals surface area contributed by atoms with Gasteiger partial charge in [-0.05, 0) is 38.1 Å². The molecule has 130 valence electrons. The average Bonchev–Trinajstić information content (AvgIpc) is 3.26. The van der Waals surface area contributed by atoms with Crippen LogP contribution in [0.5, 0.6) is 0 Å². The van der Waals surface area contributed by atoms with Crippen molar-refractivity contribution in [1.29, 1.82) is 0 Å². The van der Waals surface area contributed by atoms with Crippen molar-refractivity contribution in [3.63, 3.8) is 0 Å². The minimum atomic E-state index is -0.375. The second kappa shape index (κ2) is 7.35. The fraction of sp³-hybridized carbons (Fsp3) is 0.235. The molecule has 0 radical (unpaired) electrons. The lowest BCUT2D eigenvalue weighted by atomic mass is 10.2. The summed E-state index contributed by atoms with van der Waals surface area (Å²) < 4.78 is 4.98. The minimum absolute atomic E-state index is 0.0255. The van der Waals surface area contributed by atoms with E-state index in [1.807, 2.05) is 24.3 Å². The van der Waals surface area contributed by atoms with E-state index in [4.69, 9.17) is 10.3 Å². The number of nitrogens with zero attached hydrogens (tertiary/aromatic N) is 3. The molecule has 7 nitrogen and oxygen atoms in total. The van der Waals surface area contributed by atoms with Crippen molar-refractivity contribution in [1.82, 2.24) is 10.1 Å². The summed E-state index contributed by atoms with van der Waals surface area (Å²) in [6, 6.07) is 7.67. The quantitative estimate of drug-likeness (QED) is 0.701. The number of aromatic nitrogens is 2. The Kier molecular flexibility index (Phi) is 4.99. The van der Waals surface area contributed by atoms with E-state index in [2.05, 4.69) is 34.2 Å². The SMILES string of the molecule is CCN(CC)c1ccc(NC(=O)c2c(-c3nccs3)noc2N)cc1. The summed E-state index contributed by atoms with van der Waals surface area (Å²) in [7, 11) is 0. The molecule has 0 aliphatic carbocycles. The third-order valence-corrected chi connectivity index (χ3v) is 4.61. The Morgan fingerprint density at radius 1 is 1.28 bits per heavy atom. The number of hydrogen-bond donors (Lipinski definition) is 2. The molecule has 8 heteroatoms. The van der Waals surface area contributed by atoms with Gasteiger partial charge in [-0.15, -0.1) is 11.3 Å². The third kappa shape index (κ3) is 3.48. The maximum atomic E-state index is 12.6. The van der Waals surface area contributed by atoms with Crippen LogP contribution >= 0.6 is 11.3 Å². The summed E-state index contributed by atoms with van der Waals surface area (Å²) in [5.41, 5.74) is 8.11. The molecule has 0 bridgehead atoms. The molecule has 1 amide bonds. The zero-order valence-electron chi connectivity index (χ0n) is 14.0. The van der Waals surface area contributed by atoms with E-state index in [1.54, 1.807) is 11.6 Å². The van der Waals surface area contributed by atoms with E-state index in [-0.39, 0.29) is 17.4 Å². The molecule has 2 heterocycles. The largest absolute Gasteiger partial charge is 0.372 e. The highest BCUT2D eigenvalue weighted by atomic mass is 32.1. The van der Waals surface area contributed by atoms with Crippen LogP contribution in [0.2, 0.25) is 0 Å². The molecule has 3 N–H and O–H groups in total. The summed E-state index contributed by atoms with van der Waals surface area (Å²) in [6.07, 6.45) is 1.64. The highest BCUT2D eigenvalue weighted by molar-refractivity contribution is 7.13. The van der Waals surface area contributed by atoms with Gasteiger partial charge in [0.05, 0.1) is 0 Å². The van der Waals surface area contributed by atoms with Crippen LogP contribution in [0.3, 0.4) is 0 Å². The zero-order chi connectivity index (χ0) is 17.8. The molecule has 0 fully saturated rings. The number of benzene rings is 1. The number of nitrogen functional groups attached to an aromatic ring is 1. The van der Waals surface area contributed by atoms with Gasteiger partial charge in [-0.1, -0.05) is 5.16 Å². The molecular formula is C17H19N5O2S. The van der Waals surface area contributed by atoms with Crippen LogP contribution in [0, 0.1) is 0 Å². The lowest BCUT2D eigenvalue weighted by Crippen LogP contribution is -2.21. The monoisotopic (exact) mass is 357 g/mol. The smallest absolute Gasteiger partial charge is 0.263 e. The van der Waals surface area contributed by atoms with Crippen LogP contribution in [0.15, 0.2) is 40.4 Å². The van der Waals surface area contributed by atoms with Crippen LogP contribution in [0.4, 0.5) is 17.3 Å². The van der Waals surface area contributed by atoms with Crippen LogP contribution < -0.4 is 16.0 Å². The molecule has 0 saturated heterocycles. The van der Waals surface area contributed by atoms with Crippen molar-refractivity contribution in [2.24, 2.45) is 0 Å². The molecule has 0 saturated carbocycles. The first-order valence-corrected chi connectivity index (χ1v) is 8.83. The van der Waals surface area contributed by atoms with E-state index in [9.17, 15) is 4.79 Å². The van der Waals surface area contributed by atoms with E-state index < -0.39 is 0 Å². The number of amides is 1. The predicted octanol–water partition coefficient (Wildman–Crippen LogP) is 3.48. The fourth-order valence-electron chi connectivity index (χ4n) is 2.55. The van der Waals surface area contributed by atoms with Crippen LogP contribution in [0.25, 0.3) is 10.7 Å². The van der Waals surface area contributed by atoms with Gasteiger partial charge in [-0.3, -0.25) is 4.79 Å². The molecule has 3 rings (SSSR count). The van der Waals surface area contributed by atoms with E-state index in [1.165, 1.54) is 11.3 Å². The number of nitrogens with one attached hydrogen (secondary N) is 1. The highest BCUT2D eigenvalue weighted by Crippen LogP contribution is 2.29. The highest BCUT2D eigenvalue weighted by Gasteiger charge is 2.24. The second-order valence-electron chi connectivity index (χ2n) is 5.28. The maximum Gasteiger partial charge on any atom is 0.263 e. The van der Waals surface area contributed by atoms with Crippen molar-refractivity contribution in [2.45, 2.75) is 13.8 Å². The second-order valence-corrected chi connectivity index (χ2v) is 6.18. The standard InChI is InChI=1S/C17H19N5O2S/c1-3-22(4-2)12-7-5-11(6-8-12)20-16(23)13-14(21-24-15(13)18)17-19-9-10-25-17/h5-10H,3-4,18H2,1-2H3,(H,20,23). The number of nitrogens with two attached hydrogens (primary N) is 1. The molecule has 0 aliphatic heterocycles. The van der Waals surface area contributed by atoms with Crippen molar-refractivity contribution in [3.05, 3.63) is 41.4 Å². The van der Waals surface area contributed by atoms with Crippen LogP contribution in [-0.4, -0.2) is 29.1 Å². The first kappa shape index (κ1) is 17.0. The van der Waals surface area contributed by atoms with Gasteiger partial charge in [-0.2, -0.15) is 0 Å². The Bertz CT molecular complexity index is 839. The van der Waals surface area contributed by atoms with Gasteiger partial charge in [0.25, 0.3) is 5.91 Å². The molecule has 2 aromatic heterocycles. The first-order valence-electron chi connectivity index (χ1n) is 7.95. The maximum absolute atomic E-state index is 12.6. The molecule has 3 aromatic rings. The lowest BCUT2D eigenvalue weighted by molar-refractivity contribution is 0.102. The topological polar surface area (TPSA) is 97.3 Å². The van der Waals surface area contributed by atoms with Crippen molar-refractivity contribution in [2.75, 3.05) is 29.0 Å². The van der Waals surface area contributed by atoms with Crippen molar-refractivity contribution >= 4 is 34.5 Å². The summed E-state index contributed by atoms with van der Waals surface area (Å²) in [6.45, 7) is 6.06. The summed E-state index contributed by atoms with van der Waals surface area (Å²) in [4.78, 5) is 19.0. The summed E-state index contributed by atoms with van der Waals surface area (Å²) >= 11 is 1.36. The number of hydrogen-bond acceptors (Lipinski definition) is 7. The number of carbonyl (C=O) groups is 1. The molecule has 25 heavy (non-hydrogen) atoms. The summed E-state index contributed by atoms with van der Waals surface area (Å²) in [5, 5.41) is 9.07. The predicted molar refractivity (Wildman–Crippen MR) is 100.0 cm³/mol. The molecule has 0 atom stereocenters. The Balaban J connectivity index is 1.80. The van der Waals surface area contributed by atoms with Crippen molar-refractivity contribution < 1.29 is 9.32 Å². The number of carbonyl (C=O) groups excluding carboxylic acids is 1. The van der Waals surface area contributed by atoms with E-state index in [0.29, 0.717) is 16.4 Å². The Labute approximate surface area is 149 Å². The molecule has 0 unspecified atom stereocenters. The summed E-state index contributed by atoms with van der Waals surface area (Å²) in [5.74, 6) is -0.401. The third-order valence-electron chi connectivity index (χ3n) is 3.83. The van der Waals surface area contributed by atoms with E-state index in [0.717, 1.165) is 18.8 Å². The molecule has 1 aromatic carbocycles. The first-order chi connectivity index (χ1) is 12.1. The van der Waals surface area contributed by atoms with Gasteiger partial charge in [0.15, 0.2) is 5.69 Å². The number of rotatable bonds is 6.